The quantitative estimate of drug-likeness (QED) is 0.840. The lowest BCUT2D eigenvalue weighted by Gasteiger charge is -2.40. The average molecular weight is 233 g/mol. The number of nitrogens with two attached hydrogens (primary N) is 1. The first-order valence-corrected chi connectivity index (χ1v) is 6.16. The molecule has 0 spiro atoms. The molecule has 1 aromatic rings. The summed E-state index contributed by atoms with van der Waals surface area (Å²) in [6.45, 7) is 2.63. The van der Waals surface area contributed by atoms with Crippen molar-refractivity contribution in [2.45, 2.75) is 38.3 Å². The second-order valence-corrected chi connectivity index (χ2v) is 4.62. The number of rotatable bonds is 2. The van der Waals surface area contributed by atoms with Crippen LogP contribution < -0.4 is 5.73 Å². The summed E-state index contributed by atoms with van der Waals surface area (Å²) in [7, 11) is 0. The molecular formula is C13H19N3O. The van der Waals surface area contributed by atoms with Crippen LogP contribution in [0.5, 0.6) is 0 Å². The third-order valence-electron chi connectivity index (χ3n) is 3.44. The number of likely N-dealkylation sites (tertiary alicyclic amines) is 1. The van der Waals surface area contributed by atoms with Crippen molar-refractivity contribution in [3.05, 3.63) is 30.1 Å². The monoisotopic (exact) mass is 233 g/mol. The van der Waals surface area contributed by atoms with Gasteiger partial charge in [-0.3, -0.25) is 9.78 Å². The Morgan fingerprint density at radius 2 is 2.41 bits per heavy atom. The van der Waals surface area contributed by atoms with Gasteiger partial charge in [-0.1, -0.05) is 0 Å². The van der Waals surface area contributed by atoms with Crippen molar-refractivity contribution in [3.63, 3.8) is 0 Å². The molecule has 4 heteroatoms. The topological polar surface area (TPSA) is 59.2 Å². The van der Waals surface area contributed by atoms with E-state index in [4.69, 9.17) is 5.73 Å². The van der Waals surface area contributed by atoms with Crippen molar-refractivity contribution >= 4 is 5.91 Å². The molecule has 0 radical (unpaired) electrons. The molecule has 0 bridgehead atoms. The van der Waals surface area contributed by atoms with E-state index in [-0.39, 0.29) is 18.0 Å². The van der Waals surface area contributed by atoms with Gasteiger partial charge in [0.25, 0.3) is 5.91 Å². The van der Waals surface area contributed by atoms with Crippen molar-refractivity contribution in [1.29, 1.82) is 0 Å². The number of piperidine rings is 1. The number of carbonyl (C=O) groups is 1. The SMILES string of the molecule is CC1CCCC(CN)N1C(=O)c1cccnc1. The number of carbonyl (C=O) groups excluding carboxylic acids is 1. The van der Waals surface area contributed by atoms with E-state index in [0.717, 1.165) is 19.3 Å². The van der Waals surface area contributed by atoms with Gasteiger partial charge in [-0.2, -0.15) is 0 Å². The van der Waals surface area contributed by atoms with E-state index in [1.165, 1.54) is 0 Å². The van der Waals surface area contributed by atoms with Gasteiger partial charge in [0.15, 0.2) is 0 Å². The minimum atomic E-state index is 0.0563. The molecule has 1 saturated heterocycles. The van der Waals surface area contributed by atoms with Crippen molar-refractivity contribution in [2.75, 3.05) is 6.54 Å². The third-order valence-corrected chi connectivity index (χ3v) is 3.44. The minimum absolute atomic E-state index is 0.0563. The van der Waals surface area contributed by atoms with E-state index in [1.54, 1.807) is 18.5 Å². The molecule has 17 heavy (non-hydrogen) atoms. The number of nitrogens with zero attached hydrogens (tertiary/aromatic N) is 2. The first-order valence-electron chi connectivity index (χ1n) is 6.16. The van der Waals surface area contributed by atoms with Crippen LogP contribution in [0.4, 0.5) is 0 Å². The molecule has 0 aromatic carbocycles. The Labute approximate surface area is 102 Å². The molecule has 1 aliphatic rings. The molecule has 4 nitrogen and oxygen atoms in total. The largest absolute Gasteiger partial charge is 0.332 e. The smallest absolute Gasteiger partial charge is 0.255 e. The summed E-state index contributed by atoms with van der Waals surface area (Å²) in [5.74, 6) is 0.0563. The lowest BCUT2D eigenvalue weighted by atomic mass is 9.95. The summed E-state index contributed by atoms with van der Waals surface area (Å²) in [4.78, 5) is 18.3. The van der Waals surface area contributed by atoms with E-state index in [9.17, 15) is 4.79 Å². The number of pyridine rings is 1. The zero-order valence-corrected chi connectivity index (χ0v) is 10.2. The lowest BCUT2D eigenvalue weighted by Crippen LogP contribution is -2.51. The standard InChI is InChI=1S/C13H19N3O/c1-10-4-2-6-12(8-14)16(10)13(17)11-5-3-7-15-9-11/h3,5,7,9-10,12H,2,4,6,8,14H2,1H3. The van der Waals surface area contributed by atoms with E-state index in [1.807, 2.05) is 11.0 Å². The Morgan fingerprint density at radius 3 is 3.06 bits per heavy atom. The molecule has 1 amide bonds. The highest BCUT2D eigenvalue weighted by atomic mass is 16.2. The van der Waals surface area contributed by atoms with Crippen LogP contribution in [0.3, 0.4) is 0 Å². The van der Waals surface area contributed by atoms with Crippen LogP contribution in [-0.4, -0.2) is 34.4 Å². The molecule has 1 aliphatic heterocycles. The summed E-state index contributed by atoms with van der Waals surface area (Å²) in [5, 5.41) is 0. The Morgan fingerprint density at radius 1 is 1.59 bits per heavy atom. The number of amides is 1. The zero-order valence-electron chi connectivity index (χ0n) is 10.2. The minimum Gasteiger partial charge on any atom is -0.332 e. The van der Waals surface area contributed by atoms with Crippen molar-refractivity contribution < 1.29 is 4.79 Å². The second kappa shape index (κ2) is 5.27. The maximum Gasteiger partial charge on any atom is 0.255 e. The van der Waals surface area contributed by atoms with Crippen molar-refractivity contribution in [2.24, 2.45) is 5.73 Å². The van der Waals surface area contributed by atoms with Gasteiger partial charge in [-0.25, -0.2) is 0 Å². The maximum absolute atomic E-state index is 12.4. The first kappa shape index (κ1) is 12.0. The molecule has 1 aromatic heterocycles. The van der Waals surface area contributed by atoms with Gasteiger partial charge in [0.1, 0.15) is 0 Å². The molecule has 0 saturated carbocycles. The number of hydrogen-bond acceptors (Lipinski definition) is 3. The number of aromatic nitrogens is 1. The van der Waals surface area contributed by atoms with E-state index >= 15 is 0 Å². The molecule has 2 heterocycles. The summed E-state index contributed by atoms with van der Waals surface area (Å²) < 4.78 is 0. The average Bonchev–Trinajstić information content (AvgIpc) is 2.38. The molecule has 2 rings (SSSR count). The Hall–Kier alpha value is -1.42. The molecule has 2 unspecified atom stereocenters. The van der Waals surface area contributed by atoms with Crippen LogP contribution >= 0.6 is 0 Å². The Kier molecular flexibility index (Phi) is 3.74. The van der Waals surface area contributed by atoms with Gasteiger partial charge in [0, 0.05) is 31.0 Å². The van der Waals surface area contributed by atoms with Gasteiger partial charge >= 0.3 is 0 Å². The van der Waals surface area contributed by atoms with Gasteiger partial charge in [0.05, 0.1) is 5.56 Å². The van der Waals surface area contributed by atoms with Crippen LogP contribution in [-0.2, 0) is 0 Å². The van der Waals surface area contributed by atoms with Gasteiger partial charge in [-0.05, 0) is 38.3 Å². The van der Waals surface area contributed by atoms with Crippen LogP contribution in [0.1, 0.15) is 36.5 Å². The predicted octanol–water partition coefficient (Wildman–Crippen LogP) is 1.42. The lowest BCUT2D eigenvalue weighted by molar-refractivity contribution is 0.0493. The Balaban J connectivity index is 2.21. The predicted molar refractivity (Wildman–Crippen MR) is 66.6 cm³/mol. The number of hydrogen-bond donors (Lipinski definition) is 1. The van der Waals surface area contributed by atoms with Crippen LogP contribution in [0, 0.1) is 0 Å². The summed E-state index contributed by atoms with van der Waals surface area (Å²) in [5.41, 5.74) is 6.41. The molecule has 92 valence electrons. The summed E-state index contributed by atoms with van der Waals surface area (Å²) in [6.07, 6.45) is 6.52. The highest BCUT2D eigenvalue weighted by molar-refractivity contribution is 5.94. The van der Waals surface area contributed by atoms with Crippen LogP contribution in [0.2, 0.25) is 0 Å². The summed E-state index contributed by atoms with van der Waals surface area (Å²) >= 11 is 0. The van der Waals surface area contributed by atoms with E-state index in [0.29, 0.717) is 12.1 Å². The van der Waals surface area contributed by atoms with E-state index < -0.39 is 0 Å². The van der Waals surface area contributed by atoms with Gasteiger partial charge < -0.3 is 10.6 Å². The van der Waals surface area contributed by atoms with Crippen LogP contribution in [0.15, 0.2) is 24.5 Å². The molecule has 2 atom stereocenters. The second-order valence-electron chi connectivity index (χ2n) is 4.62. The molecule has 2 N–H and O–H groups in total. The van der Waals surface area contributed by atoms with E-state index in [2.05, 4.69) is 11.9 Å². The fraction of sp³-hybridized carbons (Fsp3) is 0.538. The third kappa shape index (κ3) is 2.47. The molecule has 1 fully saturated rings. The highest BCUT2D eigenvalue weighted by Crippen LogP contribution is 2.24. The molecular weight excluding hydrogens is 214 g/mol. The summed E-state index contributed by atoms with van der Waals surface area (Å²) in [6, 6.07) is 4.04. The van der Waals surface area contributed by atoms with Crippen molar-refractivity contribution in [3.8, 4) is 0 Å². The highest BCUT2D eigenvalue weighted by Gasteiger charge is 2.31. The van der Waals surface area contributed by atoms with Gasteiger partial charge in [-0.15, -0.1) is 0 Å². The first-order chi connectivity index (χ1) is 8.24. The normalized spacial score (nSPS) is 24.7. The van der Waals surface area contributed by atoms with Crippen LogP contribution in [0.25, 0.3) is 0 Å². The Bertz CT molecular complexity index is 380. The fourth-order valence-electron chi connectivity index (χ4n) is 2.52. The molecule has 0 aliphatic carbocycles. The van der Waals surface area contributed by atoms with Crippen molar-refractivity contribution in [1.82, 2.24) is 9.88 Å². The maximum atomic E-state index is 12.4. The zero-order chi connectivity index (χ0) is 12.3. The fourth-order valence-corrected chi connectivity index (χ4v) is 2.52. The van der Waals surface area contributed by atoms with Gasteiger partial charge in [0.2, 0.25) is 0 Å².